The van der Waals surface area contributed by atoms with E-state index in [4.69, 9.17) is 9.47 Å². The third-order valence-corrected chi connectivity index (χ3v) is 4.17. The molecule has 0 saturated heterocycles. The quantitative estimate of drug-likeness (QED) is 0.720. The van der Waals surface area contributed by atoms with Crippen molar-refractivity contribution >= 4 is 22.4 Å². The Morgan fingerprint density at radius 1 is 1.12 bits per heavy atom. The third kappa shape index (κ3) is 4.51. The number of anilines is 1. The van der Waals surface area contributed by atoms with Crippen LogP contribution >= 0.6 is 0 Å². The van der Waals surface area contributed by atoms with E-state index in [1.54, 1.807) is 0 Å². The van der Waals surface area contributed by atoms with E-state index in [1.165, 1.54) is 0 Å². The van der Waals surface area contributed by atoms with Gasteiger partial charge in [0.05, 0.1) is 6.10 Å². The molecule has 136 valence electrons. The smallest absolute Gasteiger partial charge is 0.256 e. The molecule has 1 N–H and O–H groups in total. The zero-order valence-corrected chi connectivity index (χ0v) is 15.9. The minimum atomic E-state index is -0.822. The number of nitrogens with one attached hydrogen (secondary N) is 1. The molecule has 0 unspecified atom stereocenters. The minimum Gasteiger partial charge on any atom is -0.490 e. The summed E-state index contributed by atoms with van der Waals surface area (Å²) in [5.41, 5.74) is -0.0451. The lowest BCUT2D eigenvalue weighted by molar-refractivity contribution is -0.139. The summed E-state index contributed by atoms with van der Waals surface area (Å²) in [6.07, 6.45) is 1.65. The maximum atomic E-state index is 12.9. The zero-order chi connectivity index (χ0) is 18.4. The van der Waals surface area contributed by atoms with Crippen molar-refractivity contribution < 1.29 is 14.3 Å². The SMILES string of the molecule is CCC[C@@](C)(OCC)C(=O)Nc1ccc(OC(C)C)c2ccccc12. The van der Waals surface area contributed by atoms with Crippen molar-refractivity contribution in [2.24, 2.45) is 0 Å². The van der Waals surface area contributed by atoms with Gasteiger partial charge in [-0.15, -0.1) is 0 Å². The van der Waals surface area contributed by atoms with Gasteiger partial charge in [-0.25, -0.2) is 0 Å². The van der Waals surface area contributed by atoms with Crippen LogP contribution in [0.2, 0.25) is 0 Å². The predicted molar refractivity (Wildman–Crippen MR) is 103 cm³/mol. The summed E-state index contributed by atoms with van der Waals surface area (Å²) in [5.74, 6) is 0.712. The molecule has 0 aliphatic heterocycles. The average molecular weight is 343 g/mol. The molecule has 4 heteroatoms. The van der Waals surface area contributed by atoms with Gasteiger partial charge < -0.3 is 14.8 Å². The fourth-order valence-corrected chi connectivity index (χ4v) is 3.04. The summed E-state index contributed by atoms with van der Waals surface area (Å²) in [7, 11) is 0. The molecule has 0 heterocycles. The van der Waals surface area contributed by atoms with Crippen molar-refractivity contribution in [2.45, 2.75) is 59.2 Å². The van der Waals surface area contributed by atoms with Gasteiger partial charge in [-0.05, 0) is 46.2 Å². The van der Waals surface area contributed by atoms with Crippen molar-refractivity contribution in [3.05, 3.63) is 36.4 Å². The van der Waals surface area contributed by atoms with Gasteiger partial charge in [0.1, 0.15) is 11.4 Å². The molecule has 2 aromatic rings. The molecule has 4 nitrogen and oxygen atoms in total. The number of hydrogen-bond donors (Lipinski definition) is 1. The number of carbonyl (C=O) groups excluding carboxylic acids is 1. The Hall–Kier alpha value is -2.07. The van der Waals surface area contributed by atoms with Crippen LogP contribution in [0.15, 0.2) is 36.4 Å². The lowest BCUT2D eigenvalue weighted by atomic mass is 9.98. The van der Waals surface area contributed by atoms with Crippen LogP contribution < -0.4 is 10.1 Å². The fraction of sp³-hybridized carbons (Fsp3) is 0.476. The summed E-state index contributed by atoms with van der Waals surface area (Å²) >= 11 is 0. The number of ether oxygens (including phenoxy) is 2. The Balaban J connectivity index is 2.37. The zero-order valence-electron chi connectivity index (χ0n) is 15.9. The monoisotopic (exact) mass is 343 g/mol. The Kier molecular flexibility index (Phi) is 6.43. The predicted octanol–water partition coefficient (Wildman–Crippen LogP) is 5.16. The van der Waals surface area contributed by atoms with E-state index in [9.17, 15) is 4.79 Å². The molecule has 0 spiro atoms. The molecule has 0 aliphatic rings. The second-order valence-electron chi connectivity index (χ2n) is 6.69. The van der Waals surface area contributed by atoms with Crippen LogP contribution in [0.3, 0.4) is 0 Å². The molecule has 0 radical (unpaired) electrons. The molecule has 1 atom stereocenters. The van der Waals surface area contributed by atoms with E-state index in [2.05, 4.69) is 12.2 Å². The van der Waals surface area contributed by atoms with E-state index in [1.807, 2.05) is 64.1 Å². The first-order valence-electron chi connectivity index (χ1n) is 9.05. The lowest BCUT2D eigenvalue weighted by Crippen LogP contribution is -2.42. The van der Waals surface area contributed by atoms with Gasteiger partial charge in [-0.2, -0.15) is 0 Å². The van der Waals surface area contributed by atoms with Gasteiger partial charge in [0.25, 0.3) is 5.91 Å². The second-order valence-corrected chi connectivity index (χ2v) is 6.69. The van der Waals surface area contributed by atoms with Crippen LogP contribution in [0.1, 0.15) is 47.5 Å². The van der Waals surface area contributed by atoms with E-state index in [0.717, 1.165) is 28.6 Å². The van der Waals surface area contributed by atoms with E-state index >= 15 is 0 Å². The van der Waals surface area contributed by atoms with Crippen molar-refractivity contribution in [2.75, 3.05) is 11.9 Å². The number of carbonyl (C=O) groups is 1. The van der Waals surface area contributed by atoms with Gasteiger partial charge >= 0.3 is 0 Å². The van der Waals surface area contributed by atoms with Crippen LogP contribution in [-0.4, -0.2) is 24.2 Å². The first-order valence-corrected chi connectivity index (χ1v) is 9.05. The summed E-state index contributed by atoms with van der Waals surface area (Å²) in [6, 6.07) is 11.8. The maximum Gasteiger partial charge on any atom is 0.256 e. The van der Waals surface area contributed by atoms with Crippen molar-refractivity contribution in [3.63, 3.8) is 0 Å². The summed E-state index contributed by atoms with van der Waals surface area (Å²) in [4.78, 5) is 12.9. The Labute approximate surface area is 150 Å². The van der Waals surface area contributed by atoms with E-state index < -0.39 is 5.60 Å². The molecular weight excluding hydrogens is 314 g/mol. The van der Waals surface area contributed by atoms with Gasteiger partial charge in [0, 0.05) is 23.1 Å². The van der Waals surface area contributed by atoms with Crippen LogP contribution in [0.5, 0.6) is 5.75 Å². The standard InChI is InChI=1S/C21H29NO3/c1-6-14-21(5,24-7-2)20(23)22-18-12-13-19(25-15(3)4)17-11-9-8-10-16(17)18/h8-13,15H,6-7,14H2,1-5H3,(H,22,23)/t21-/m1/s1. The molecule has 0 saturated carbocycles. The molecule has 0 fully saturated rings. The number of hydrogen-bond acceptors (Lipinski definition) is 3. The highest BCUT2D eigenvalue weighted by atomic mass is 16.5. The van der Waals surface area contributed by atoms with Crippen molar-refractivity contribution in [1.29, 1.82) is 0 Å². The van der Waals surface area contributed by atoms with Crippen LogP contribution in [0.25, 0.3) is 10.8 Å². The fourth-order valence-electron chi connectivity index (χ4n) is 3.04. The summed E-state index contributed by atoms with van der Waals surface area (Å²) < 4.78 is 11.7. The normalized spacial score (nSPS) is 13.7. The second kappa shape index (κ2) is 8.34. The number of rotatable bonds is 8. The minimum absolute atomic E-state index is 0.0923. The molecule has 0 bridgehead atoms. The molecule has 0 aromatic heterocycles. The first kappa shape index (κ1) is 19.3. The highest BCUT2D eigenvalue weighted by Gasteiger charge is 2.33. The molecule has 0 aliphatic carbocycles. The molecule has 1 amide bonds. The number of amides is 1. The highest BCUT2D eigenvalue weighted by Crippen LogP contribution is 2.33. The van der Waals surface area contributed by atoms with Crippen LogP contribution in [-0.2, 0) is 9.53 Å². The largest absolute Gasteiger partial charge is 0.490 e. The van der Waals surface area contributed by atoms with Gasteiger partial charge in [-0.3, -0.25) is 4.79 Å². The van der Waals surface area contributed by atoms with Crippen molar-refractivity contribution in [3.8, 4) is 5.75 Å². The maximum absolute atomic E-state index is 12.9. The summed E-state index contributed by atoms with van der Waals surface area (Å²) in [5, 5.41) is 5.01. The Bertz CT molecular complexity index is 718. The number of benzene rings is 2. The molecule has 2 rings (SSSR count). The first-order chi connectivity index (χ1) is 11.9. The molecular formula is C21H29NO3. The van der Waals surface area contributed by atoms with E-state index in [0.29, 0.717) is 13.0 Å². The molecule has 2 aromatic carbocycles. The highest BCUT2D eigenvalue weighted by molar-refractivity contribution is 6.06. The summed E-state index contributed by atoms with van der Waals surface area (Å²) in [6.45, 7) is 10.3. The Morgan fingerprint density at radius 3 is 2.40 bits per heavy atom. The lowest BCUT2D eigenvalue weighted by Gasteiger charge is -2.28. The van der Waals surface area contributed by atoms with Crippen LogP contribution in [0, 0.1) is 0 Å². The topological polar surface area (TPSA) is 47.6 Å². The Morgan fingerprint density at radius 2 is 1.80 bits per heavy atom. The van der Waals surface area contributed by atoms with Gasteiger partial charge in [-0.1, -0.05) is 37.6 Å². The van der Waals surface area contributed by atoms with Crippen LogP contribution in [0.4, 0.5) is 5.69 Å². The van der Waals surface area contributed by atoms with E-state index in [-0.39, 0.29) is 12.0 Å². The van der Waals surface area contributed by atoms with Gasteiger partial charge in [0.2, 0.25) is 0 Å². The van der Waals surface area contributed by atoms with Gasteiger partial charge in [0.15, 0.2) is 0 Å². The third-order valence-electron chi connectivity index (χ3n) is 4.17. The average Bonchev–Trinajstić information content (AvgIpc) is 2.57. The number of fused-ring (bicyclic) bond motifs is 1. The molecule has 25 heavy (non-hydrogen) atoms. The van der Waals surface area contributed by atoms with Crippen molar-refractivity contribution in [1.82, 2.24) is 0 Å².